The zero-order valence-corrected chi connectivity index (χ0v) is 11.0. The van der Waals surface area contributed by atoms with E-state index in [4.69, 9.17) is 4.74 Å². The van der Waals surface area contributed by atoms with Crippen LogP contribution in [0.1, 0.15) is 30.0 Å². The molecule has 18 heavy (non-hydrogen) atoms. The van der Waals surface area contributed by atoms with E-state index in [0.29, 0.717) is 6.54 Å². The van der Waals surface area contributed by atoms with Crippen molar-refractivity contribution < 1.29 is 9.53 Å². The minimum atomic E-state index is 0.0249. The fourth-order valence-corrected chi connectivity index (χ4v) is 2.32. The predicted octanol–water partition coefficient (Wildman–Crippen LogP) is 1.54. The number of nitrogens with one attached hydrogen (secondary N) is 2. The zero-order chi connectivity index (χ0) is 13.0. The molecule has 0 saturated carbocycles. The van der Waals surface area contributed by atoms with Gasteiger partial charge >= 0.3 is 0 Å². The molecule has 98 valence electrons. The first-order valence-corrected chi connectivity index (χ1v) is 6.38. The number of likely N-dealkylation sites (N-methyl/N-ethyl adjacent to an activating group) is 1. The van der Waals surface area contributed by atoms with Gasteiger partial charge in [0.1, 0.15) is 5.75 Å². The summed E-state index contributed by atoms with van der Waals surface area (Å²) in [5.41, 5.74) is 2.22. The highest BCUT2D eigenvalue weighted by molar-refractivity contribution is 5.78. The van der Waals surface area contributed by atoms with Crippen LogP contribution in [0.15, 0.2) is 18.2 Å². The normalized spacial score (nSPS) is 18.4. The number of benzene rings is 1. The Bertz CT molecular complexity index is 432. The number of carbonyl (C=O) groups excluding carboxylic acids is 1. The standard InChI is InChI=1S/C14H20N2O2/c1-10-5-3-6-11-12(16-13(17)9-15-2)7-4-8-18-14(10)11/h3,5-6,12,15H,4,7-9H2,1-2H3,(H,16,17). The molecule has 4 heteroatoms. The molecule has 0 saturated heterocycles. The van der Waals surface area contributed by atoms with Gasteiger partial charge < -0.3 is 15.4 Å². The summed E-state index contributed by atoms with van der Waals surface area (Å²) in [7, 11) is 1.77. The van der Waals surface area contributed by atoms with E-state index < -0.39 is 0 Å². The van der Waals surface area contributed by atoms with Gasteiger partial charge in [-0.1, -0.05) is 18.2 Å². The van der Waals surface area contributed by atoms with E-state index in [2.05, 4.69) is 10.6 Å². The average molecular weight is 248 g/mol. The lowest BCUT2D eigenvalue weighted by Crippen LogP contribution is -2.35. The molecule has 2 rings (SSSR count). The van der Waals surface area contributed by atoms with Gasteiger partial charge in [0.15, 0.2) is 0 Å². The van der Waals surface area contributed by atoms with Crippen LogP contribution < -0.4 is 15.4 Å². The summed E-state index contributed by atoms with van der Waals surface area (Å²) in [5, 5.41) is 5.93. The summed E-state index contributed by atoms with van der Waals surface area (Å²) in [4.78, 5) is 11.7. The van der Waals surface area contributed by atoms with Gasteiger partial charge in [-0.2, -0.15) is 0 Å². The monoisotopic (exact) mass is 248 g/mol. The van der Waals surface area contributed by atoms with Crippen LogP contribution in [-0.4, -0.2) is 26.1 Å². The summed E-state index contributed by atoms with van der Waals surface area (Å²) < 4.78 is 5.78. The predicted molar refractivity (Wildman–Crippen MR) is 70.7 cm³/mol. The molecule has 1 aliphatic heterocycles. The SMILES string of the molecule is CNCC(=O)NC1CCCOc2c(C)cccc21. The van der Waals surface area contributed by atoms with Crippen LogP contribution in [0, 0.1) is 6.92 Å². The van der Waals surface area contributed by atoms with E-state index in [1.165, 1.54) is 0 Å². The van der Waals surface area contributed by atoms with Crippen LogP contribution >= 0.6 is 0 Å². The molecule has 0 bridgehead atoms. The van der Waals surface area contributed by atoms with Gasteiger partial charge in [0.05, 0.1) is 19.2 Å². The van der Waals surface area contributed by atoms with Crippen molar-refractivity contribution in [3.63, 3.8) is 0 Å². The third-order valence-electron chi connectivity index (χ3n) is 3.17. The Balaban J connectivity index is 2.22. The highest BCUT2D eigenvalue weighted by Crippen LogP contribution is 2.33. The number of aryl methyl sites for hydroxylation is 1. The molecule has 1 unspecified atom stereocenters. The number of hydrogen-bond acceptors (Lipinski definition) is 3. The van der Waals surface area contributed by atoms with Crippen LogP contribution in [0.3, 0.4) is 0 Å². The van der Waals surface area contributed by atoms with E-state index >= 15 is 0 Å². The first-order chi connectivity index (χ1) is 8.72. The molecule has 0 spiro atoms. The molecule has 0 fully saturated rings. The Labute approximate surface area is 108 Å². The number of fused-ring (bicyclic) bond motifs is 1. The molecule has 2 N–H and O–H groups in total. The number of carbonyl (C=O) groups is 1. The van der Waals surface area contributed by atoms with Crippen LogP contribution in [0.2, 0.25) is 0 Å². The van der Waals surface area contributed by atoms with E-state index in [1.54, 1.807) is 7.05 Å². The molecular formula is C14H20N2O2. The first kappa shape index (κ1) is 12.9. The van der Waals surface area contributed by atoms with Gasteiger partial charge in [-0.15, -0.1) is 0 Å². The fourth-order valence-electron chi connectivity index (χ4n) is 2.32. The molecule has 1 heterocycles. The molecule has 1 aromatic rings. The van der Waals surface area contributed by atoms with Crippen molar-refractivity contribution in [2.45, 2.75) is 25.8 Å². The number of rotatable bonds is 3. The van der Waals surface area contributed by atoms with Gasteiger partial charge in [0.25, 0.3) is 0 Å². The highest BCUT2D eigenvalue weighted by Gasteiger charge is 2.22. The minimum absolute atomic E-state index is 0.0249. The smallest absolute Gasteiger partial charge is 0.234 e. The molecule has 1 aliphatic rings. The highest BCUT2D eigenvalue weighted by atomic mass is 16.5. The summed E-state index contributed by atoms with van der Waals surface area (Å²) in [6.45, 7) is 3.10. The zero-order valence-electron chi connectivity index (χ0n) is 11.0. The van der Waals surface area contributed by atoms with Crippen LogP contribution in [0.5, 0.6) is 5.75 Å². The van der Waals surface area contributed by atoms with E-state index in [-0.39, 0.29) is 11.9 Å². The van der Waals surface area contributed by atoms with Crippen molar-refractivity contribution in [2.75, 3.05) is 20.2 Å². The van der Waals surface area contributed by atoms with Gasteiger partial charge in [0.2, 0.25) is 5.91 Å². The summed E-state index contributed by atoms with van der Waals surface area (Å²) in [6.07, 6.45) is 1.88. The second-order valence-electron chi connectivity index (χ2n) is 4.63. The van der Waals surface area contributed by atoms with Crippen molar-refractivity contribution in [2.24, 2.45) is 0 Å². The average Bonchev–Trinajstić information content (AvgIpc) is 2.54. The molecule has 4 nitrogen and oxygen atoms in total. The van der Waals surface area contributed by atoms with Crippen LogP contribution in [0.25, 0.3) is 0 Å². The second-order valence-corrected chi connectivity index (χ2v) is 4.63. The molecule has 1 atom stereocenters. The van der Waals surface area contributed by atoms with Crippen LogP contribution in [-0.2, 0) is 4.79 Å². The molecule has 1 amide bonds. The molecule has 0 aromatic heterocycles. The van der Waals surface area contributed by atoms with E-state index in [1.807, 2.05) is 25.1 Å². The van der Waals surface area contributed by atoms with Gasteiger partial charge in [-0.05, 0) is 32.4 Å². The molecule has 1 aromatic carbocycles. The van der Waals surface area contributed by atoms with Crippen molar-refractivity contribution >= 4 is 5.91 Å². The fraction of sp³-hybridized carbons (Fsp3) is 0.500. The Hall–Kier alpha value is -1.55. The Morgan fingerprint density at radius 2 is 2.33 bits per heavy atom. The lowest BCUT2D eigenvalue weighted by Gasteiger charge is -2.19. The largest absolute Gasteiger partial charge is 0.493 e. The maximum absolute atomic E-state index is 11.7. The van der Waals surface area contributed by atoms with Crippen molar-refractivity contribution in [1.29, 1.82) is 0 Å². The summed E-state index contributed by atoms with van der Waals surface area (Å²) >= 11 is 0. The Kier molecular flexibility index (Phi) is 4.20. The summed E-state index contributed by atoms with van der Waals surface area (Å²) in [5.74, 6) is 0.960. The lowest BCUT2D eigenvalue weighted by molar-refractivity contribution is -0.120. The molecule has 0 radical (unpaired) electrons. The number of para-hydroxylation sites is 1. The van der Waals surface area contributed by atoms with Gasteiger partial charge in [-0.25, -0.2) is 0 Å². The van der Waals surface area contributed by atoms with Crippen molar-refractivity contribution in [3.8, 4) is 5.75 Å². The molecular weight excluding hydrogens is 228 g/mol. The van der Waals surface area contributed by atoms with Crippen molar-refractivity contribution in [1.82, 2.24) is 10.6 Å². The Morgan fingerprint density at radius 1 is 1.50 bits per heavy atom. The van der Waals surface area contributed by atoms with Crippen molar-refractivity contribution in [3.05, 3.63) is 29.3 Å². The maximum atomic E-state index is 11.7. The minimum Gasteiger partial charge on any atom is -0.493 e. The second kappa shape index (κ2) is 5.87. The van der Waals surface area contributed by atoms with Crippen LogP contribution in [0.4, 0.5) is 0 Å². The molecule has 0 aliphatic carbocycles. The number of hydrogen-bond donors (Lipinski definition) is 2. The summed E-state index contributed by atoms with van der Waals surface area (Å²) in [6, 6.07) is 6.15. The number of amides is 1. The van der Waals surface area contributed by atoms with E-state index in [9.17, 15) is 4.79 Å². The lowest BCUT2D eigenvalue weighted by atomic mass is 10.00. The van der Waals surface area contributed by atoms with Gasteiger partial charge in [-0.3, -0.25) is 4.79 Å². The maximum Gasteiger partial charge on any atom is 0.234 e. The number of ether oxygens (including phenoxy) is 1. The first-order valence-electron chi connectivity index (χ1n) is 6.38. The Morgan fingerprint density at radius 3 is 3.11 bits per heavy atom. The third kappa shape index (κ3) is 2.82. The van der Waals surface area contributed by atoms with Gasteiger partial charge in [0, 0.05) is 5.56 Å². The third-order valence-corrected chi connectivity index (χ3v) is 3.17. The quantitative estimate of drug-likeness (QED) is 0.853. The van der Waals surface area contributed by atoms with E-state index in [0.717, 1.165) is 36.3 Å². The topological polar surface area (TPSA) is 50.4 Å².